The van der Waals surface area contributed by atoms with Gasteiger partial charge < -0.3 is 14.5 Å². The first-order chi connectivity index (χ1) is 17.1. The first-order valence-corrected chi connectivity index (χ1v) is 12.9. The zero-order valence-electron chi connectivity index (χ0n) is 20.5. The predicted molar refractivity (Wildman–Crippen MR) is 138 cm³/mol. The molecule has 3 aromatic carbocycles. The Morgan fingerprint density at radius 3 is 2.43 bits per heavy atom. The smallest absolute Gasteiger partial charge is 0.254 e. The predicted octanol–water partition coefficient (Wildman–Crippen LogP) is 5.58. The number of amides is 1. The van der Waals surface area contributed by atoms with E-state index in [1.54, 1.807) is 12.1 Å². The number of fused-ring (bicyclic) bond motifs is 1. The third-order valence-corrected chi connectivity index (χ3v) is 7.84. The molecule has 2 saturated heterocycles. The van der Waals surface area contributed by atoms with Crippen LogP contribution in [0.1, 0.15) is 41.6 Å². The Morgan fingerprint density at radius 2 is 1.66 bits per heavy atom. The highest BCUT2D eigenvalue weighted by molar-refractivity contribution is 6.07. The lowest BCUT2D eigenvalue weighted by molar-refractivity contribution is 0.0760. The fraction of sp³-hybridized carbons (Fsp3) is 0.433. The minimum atomic E-state index is -0.171. The number of carbonyl (C=O) groups excluding carboxylic acids is 1. The van der Waals surface area contributed by atoms with E-state index < -0.39 is 0 Å². The minimum Gasteiger partial charge on any atom is -0.381 e. The molecule has 0 aromatic heterocycles. The lowest BCUT2D eigenvalue weighted by Crippen LogP contribution is -2.39. The minimum absolute atomic E-state index is 0.126. The van der Waals surface area contributed by atoms with Crippen molar-refractivity contribution < 1.29 is 13.9 Å². The highest BCUT2D eigenvalue weighted by Crippen LogP contribution is 2.32. The molecule has 2 aliphatic heterocycles. The van der Waals surface area contributed by atoms with Gasteiger partial charge in [0.25, 0.3) is 5.91 Å². The average molecular weight is 475 g/mol. The molecule has 0 radical (unpaired) electrons. The maximum atomic E-state index is 13.6. The summed E-state index contributed by atoms with van der Waals surface area (Å²) < 4.78 is 19.1. The number of nitrogens with zero attached hydrogens (tertiary/aromatic N) is 2. The van der Waals surface area contributed by atoms with Gasteiger partial charge in [-0.1, -0.05) is 48.5 Å². The van der Waals surface area contributed by atoms with Gasteiger partial charge in [0.15, 0.2) is 0 Å². The van der Waals surface area contributed by atoms with Crippen molar-refractivity contribution >= 4 is 16.7 Å². The molecule has 1 amide bonds. The zero-order valence-corrected chi connectivity index (χ0v) is 20.5. The third kappa shape index (κ3) is 5.41. The topological polar surface area (TPSA) is 32.8 Å². The van der Waals surface area contributed by atoms with Crippen LogP contribution in [0.15, 0.2) is 66.7 Å². The second-order valence-electron chi connectivity index (χ2n) is 10.0. The summed E-state index contributed by atoms with van der Waals surface area (Å²) in [5.41, 5.74) is 2.03. The summed E-state index contributed by atoms with van der Waals surface area (Å²) in [5, 5.41) is 2.12. The largest absolute Gasteiger partial charge is 0.381 e. The molecule has 35 heavy (non-hydrogen) atoms. The summed E-state index contributed by atoms with van der Waals surface area (Å²) in [6.45, 7) is 8.03. The van der Waals surface area contributed by atoms with Crippen LogP contribution in [0.25, 0.3) is 10.8 Å². The normalized spacial score (nSPS) is 21.6. The van der Waals surface area contributed by atoms with Crippen molar-refractivity contribution in [1.82, 2.24) is 9.80 Å². The highest BCUT2D eigenvalue weighted by atomic mass is 19.1. The Balaban J connectivity index is 1.24. The van der Waals surface area contributed by atoms with Gasteiger partial charge in [0.1, 0.15) is 5.82 Å². The van der Waals surface area contributed by atoms with Gasteiger partial charge in [0.2, 0.25) is 0 Å². The van der Waals surface area contributed by atoms with Gasteiger partial charge in [-0.25, -0.2) is 4.39 Å². The van der Waals surface area contributed by atoms with Crippen LogP contribution in [0.5, 0.6) is 0 Å². The molecule has 0 unspecified atom stereocenters. The third-order valence-electron chi connectivity index (χ3n) is 7.84. The quantitative estimate of drug-likeness (QED) is 0.448. The molecule has 0 aliphatic carbocycles. The Bertz CT molecular complexity index is 1140. The van der Waals surface area contributed by atoms with Crippen LogP contribution >= 0.6 is 0 Å². The fourth-order valence-corrected chi connectivity index (χ4v) is 5.87. The van der Waals surface area contributed by atoms with Crippen molar-refractivity contribution in [3.8, 4) is 0 Å². The maximum absolute atomic E-state index is 13.6. The molecular formula is C30H35FN2O2. The van der Waals surface area contributed by atoms with E-state index in [-0.39, 0.29) is 11.7 Å². The molecule has 0 bridgehead atoms. The molecule has 2 fully saturated rings. The molecule has 184 valence electrons. The van der Waals surface area contributed by atoms with Crippen LogP contribution in [0.2, 0.25) is 0 Å². The first kappa shape index (κ1) is 24.0. The van der Waals surface area contributed by atoms with Crippen LogP contribution < -0.4 is 0 Å². The molecule has 0 N–H and O–H groups in total. The number of carbonyl (C=O) groups is 1. The van der Waals surface area contributed by atoms with Crippen molar-refractivity contribution in [3.05, 3.63) is 83.7 Å². The summed E-state index contributed by atoms with van der Waals surface area (Å²) in [7, 11) is 0. The van der Waals surface area contributed by atoms with Crippen LogP contribution in [0, 0.1) is 17.7 Å². The summed E-state index contributed by atoms with van der Waals surface area (Å²) in [6, 6.07) is 21.1. The van der Waals surface area contributed by atoms with Gasteiger partial charge in [0, 0.05) is 37.7 Å². The fourth-order valence-electron chi connectivity index (χ4n) is 5.87. The van der Waals surface area contributed by atoms with E-state index in [0.717, 1.165) is 61.9 Å². The van der Waals surface area contributed by atoms with Gasteiger partial charge in [0.05, 0.1) is 6.61 Å². The molecule has 2 atom stereocenters. The summed E-state index contributed by atoms with van der Waals surface area (Å²) in [5.74, 6) is 1.21. The number of ether oxygens (including phenoxy) is 1. The van der Waals surface area contributed by atoms with Gasteiger partial charge in [-0.2, -0.15) is 0 Å². The summed E-state index contributed by atoms with van der Waals surface area (Å²) in [4.78, 5) is 18.2. The second-order valence-corrected chi connectivity index (χ2v) is 10.0. The monoisotopic (exact) mass is 474 g/mol. The van der Waals surface area contributed by atoms with Gasteiger partial charge in [-0.05, 0) is 79.2 Å². The lowest BCUT2D eigenvalue weighted by atomic mass is 9.88. The average Bonchev–Trinajstić information content (AvgIpc) is 3.30. The van der Waals surface area contributed by atoms with E-state index in [0.29, 0.717) is 31.0 Å². The van der Waals surface area contributed by atoms with Crippen molar-refractivity contribution in [2.75, 3.05) is 45.9 Å². The van der Waals surface area contributed by atoms with Gasteiger partial charge >= 0.3 is 0 Å². The zero-order chi connectivity index (χ0) is 24.2. The molecule has 5 rings (SSSR count). The number of hydrogen-bond donors (Lipinski definition) is 0. The molecule has 4 nitrogen and oxygen atoms in total. The molecule has 2 aliphatic rings. The summed E-state index contributed by atoms with van der Waals surface area (Å²) in [6.07, 6.45) is 2.18. The Hall–Kier alpha value is -2.76. The van der Waals surface area contributed by atoms with Crippen molar-refractivity contribution in [2.24, 2.45) is 11.8 Å². The number of piperidine rings is 1. The number of likely N-dealkylation sites (tertiary alicyclic amines) is 2. The first-order valence-electron chi connectivity index (χ1n) is 12.9. The van der Waals surface area contributed by atoms with Crippen LogP contribution in [0.4, 0.5) is 4.39 Å². The highest BCUT2D eigenvalue weighted by Gasteiger charge is 2.37. The molecule has 2 heterocycles. The van der Waals surface area contributed by atoms with Gasteiger partial charge in [-0.3, -0.25) is 4.79 Å². The van der Waals surface area contributed by atoms with Gasteiger partial charge in [-0.15, -0.1) is 0 Å². The van der Waals surface area contributed by atoms with Crippen LogP contribution in [0.3, 0.4) is 0 Å². The van der Waals surface area contributed by atoms with Crippen LogP contribution in [-0.2, 0) is 4.74 Å². The van der Waals surface area contributed by atoms with E-state index in [9.17, 15) is 9.18 Å². The second kappa shape index (κ2) is 10.9. The molecule has 0 spiro atoms. The lowest BCUT2D eigenvalue weighted by Gasteiger charge is -2.34. The molecule has 3 aromatic rings. The Morgan fingerprint density at radius 1 is 0.943 bits per heavy atom. The number of rotatable bonds is 7. The van der Waals surface area contributed by atoms with Crippen molar-refractivity contribution in [1.29, 1.82) is 0 Å². The molecular weight excluding hydrogens is 439 g/mol. The van der Waals surface area contributed by atoms with Crippen molar-refractivity contribution in [3.63, 3.8) is 0 Å². The van der Waals surface area contributed by atoms with E-state index in [4.69, 9.17) is 4.74 Å². The Kier molecular flexibility index (Phi) is 7.45. The maximum Gasteiger partial charge on any atom is 0.254 e. The number of halogens is 1. The molecule has 0 saturated carbocycles. The number of benzene rings is 3. The van der Waals surface area contributed by atoms with E-state index in [1.807, 2.05) is 54.3 Å². The molecule has 5 heteroatoms. The van der Waals surface area contributed by atoms with E-state index >= 15 is 0 Å². The SMILES string of the molecule is CCOC[C@H]1CN(C(=O)c2cccc3ccccc23)C[C@@H]1CN1CCC(c2ccc(F)cc2)CC1. The van der Waals surface area contributed by atoms with Crippen molar-refractivity contribution in [2.45, 2.75) is 25.7 Å². The standard InChI is InChI=1S/C30H35FN2O2/c1-2-35-21-26-20-33(30(34)29-9-5-7-24-6-3-4-8-28(24)29)19-25(26)18-32-16-14-23(15-17-32)22-10-12-27(31)13-11-22/h3-13,23,25-26H,2,14-21H2,1H3/t25-,26+/m0/s1. The Labute approximate surface area is 207 Å². The van der Waals surface area contributed by atoms with Crippen LogP contribution in [-0.4, -0.2) is 61.6 Å². The number of hydrogen-bond acceptors (Lipinski definition) is 3. The van der Waals surface area contributed by atoms with E-state index in [1.165, 1.54) is 5.56 Å². The van der Waals surface area contributed by atoms with E-state index in [2.05, 4.69) is 17.0 Å². The summed E-state index contributed by atoms with van der Waals surface area (Å²) >= 11 is 0.